The third-order valence-electron chi connectivity index (χ3n) is 6.84. The fourth-order valence-electron chi connectivity index (χ4n) is 5.44. The molecule has 0 radical (unpaired) electrons. The van der Waals surface area contributed by atoms with Gasteiger partial charge in [0.05, 0.1) is 0 Å². The minimum atomic E-state index is -1.07. The fourth-order valence-corrected chi connectivity index (χ4v) is 10.9. The van der Waals surface area contributed by atoms with Crippen LogP contribution in [0.15, 0.2) is 107 Å². The molecule has 2 unspecified atom stereocenters. The summed E-state index contributed by atoms with van der Waals surface area (Å²) in [7, 11) is 0. The Kier molecular flexibility index (Phi) is 7.24. The van der Waals surface area contributed by atoms with E-state index >= 15 is 0 Å². The maximum Gasteiger partial charge on any atom is -1.00 e. The molecule has 2 aliphatic heterocycles. The summed E-state index contributed by atoms with van der Waals surface area (Å²) in [5.74, 6) is 0.660. The van der Waals surface area contributed by atoms with E-state index in [-0.39, 0.29) is 30.7 Å². The van der Waals surface area contributed by atoms with Gasteiger partial charge in [-0.25, -0.2) is 0 Å². The molecule has 8 rings (SSSR count). The van der Waals surface area contributed by atoms with Gasteiger partial charge in [0.15, 0.2) is 0 Å². The number of allylic oxidation sites excluding steroid dienone is 2. The van der Waals surface area contributed by atoms with Crippen molar-refractivity contribution < 1.29 is 48.0 Å². The van der Waals surface area contributed by atoms with E-state index in [1.54, 1.807) is 6.56 Å². The SMILES string of the molecule is Clc1cccc2c1C(c1ccccc1)[C]([Zr+2][C]1=Cc3cc4ccc3C1c1cccc(c1)S4)=C2.[Cl-].[Cl-]. The molecular formula is C30H19Cl3SZr. The van der Waals surface area contributed by atoms with Crippen LogP contribution in [0.2, 0.25) is 5.02 Å². The smallest absolute Gasteiger partial charge is 1.00 e. The molecule has 0 spiro atoms. The van der Waals surface area contributed by atoms with E-state index in [0.29, 0.717) is 5.92 Å². The van der Waals surface area contributed by atoms with E-state index in [2.05, 4.69) is 97.1 Å². The van der Waals surface area contributed by atoms with E-state index in [9.17, 15) is 0 Å². The molecule has 0 fully saturated rings. The van der Waals surface area contributed by atoms with Gasteiger partial charge in [0, 0.05) is 0 Å². The van der Waals surface area contributed by atoms with Crippen LogP contribution < -0.4 is 24.8 Å². The molecule has 0 amide bonds. The van der Waals surface area contributed by atoms with Gasteiger partial charge in [-0.1, -0.05) is 0 Å². The Balaban J connectivity index is 0.00000127. The number of halogens is 3. The van der Waals surface area contributed by atoms with Crippen molar-refractivity contribution in [3.8, 4) is 0 Å². The van der Waals surface area contributed by atoms with Gasteiger partial charge in [-0.15, -0.1) is 0 Å². The number of fused-ring (bicyclic) bond motifs is 2. The Morgan fingerprint density at radius 1 is 0.629 bits per heavy atom. The topological polar surface area (TPSA) is 0 Å². The second-order valence-electron chi connectivity index (χ2n) is 8.81. The molecule has 170 valence electrons. The molecule has 4 aliphatic rings. The summed E-state index contributed by atoms with van der Waals surface area (Å²) in [6.07, 6.45) is 4.97. The van der Waals surface area contributed by atoms with Gasteiger partial charge < -0.3 is 24.8 Å². The van der Waals surface area contributed by atoms with Gasteiger partial charge >= 0.3 is 216 Å². The molecule has 0 nitrogen and oxygen atoms in total. The zero-order valence-corrected chi connectivity index (χ0v) is 24.1. The van der Waals surface area contributed by atoms with Gasteiger partial charge in [0.2, 0.25) is 0 Å². The van der Waals surface area contributed by atoms with Crippen LogP contribution in [0.25, 0.3) is 12.2 Å². The fraction of sp³-hybridized carbons (Fsp3) is 0.0667. The van der Waals surface area contributed by atoms with Crippen LogP contribution in [-0.4, -0.2) is 0 Å². The normalized spacial score (nSPS) is 18.1. The second-order valence-corrected chi connectivity index (χ2v) is 13.8. The van der Waals surface area contributed by atoms with Crippen molar-refractivity contribution in [2.75, 3.05) is 0 Å². The van der Waals surface area contributed by atoms with Crippen LogP contribution in [0.1, 0.15) is 45.2 Å². The molecule has 2 atom stereocenters. The molecule has 0 saturated carbocycles. The van der Waals surface area contributed by atoms with Crippen LogP contribution in [0.5, 0.6) is 0 Å². The minimum Gasteiger partial charge on any atom is -1.00 e. The Bertz CT molecular complexity index is 1490. The average Bonchev–Trinajstić information content (AvgIpc) is 3.39. The van der Waals surface area contributed by atoms with Crippen molar-refractivity contribution in [2.45, 2.75) is 21.6 Å². The average molecular weight is 609 g/mol. The van der Waals surface area contributed by atoms with E-state index in [1.165, 1.54) is 43.2 Å². The summed E-state index contributed by atoms with van der Waals surface area (Å²) in [4.78, 5) is 2.67. The molecule has 4 aromatic carbocycles. The minimum absolute atomic E-state index is 0. The summed E-state index contributed by atoms with van der Waals surface area (Å²) < 4.78 is 3.24. The first-order valence-corrected chi connectivity index (χ1v) is 14.9. The van der Waals surface area contributed by atoms with Gasteiger partial charge in [-0.05, 0) is 0 Å². The molecule has 5 heteroatoms. The third-order valence-corrected chi connectivity index (χ3v) is 11.7. The van der Waals surface area contributed by atoms with Crippen molar-refractivity contribution in [1.82, 2.24) is 0 Å². The molecule has 4 aromatic rings. The van der Waals surface area contributed by atoms with Gasteiger partial charge in [-0.2, -0.15) is 0 Å². The Labute approximate surface area is 239 Å². The first-order chi connectivity index (χ1) is 16.2. The molecule has 6 bridgehead atoms. The number of hydrogen-bond donors (Lipinski definition) is 0. The van der Waals surface area contributed by atoms with Crippen molar-refractivity contribution in [2.24, 2.45) is 0 Å². The third kappa shape index (κ3) is 4.32. The Morgan fingerprint density at radius 3 is 2.20 bits per heavy atom. The van der Waals surface area contributed by atoms with Gasteiger partial charge in [-0.3, -0.25) is 0 Å². The molecular weight excluding hydrogens is 590 g/mol. The molecule has 0 saturated heterocycles. The zero-order chi connectivity index (χ0) is 21.9. The van der Waals surface area contributed by atoms with Crippen LogP contribution in [0.4, 0.5) is 0 Å². The summed E-state index contributed by atoms with van der Waals surface area (Å²) in [5, 5.41) is 0.885. The van der Waals surface area contributed by atoms with Crippen LogP contribution in [-0.2, 0) is 23.2 Å². The van der Waals surface area contributed by atoms with E-state index in [0.717, 1.165) is 5.02 Å². The van der Waals surface area contributed by atoms with Crippen molar-refractivity contribution >= 4 is 35.5 Å². The van der Waals surface area contributed by atoms with Crippen LogP contribution >= 0.6 is 23.4 Å². The predicted octanol–water partition coefficient (Wildman–Crippen LogP) is 2.57. The number of hydrogen-bond acceptors (Lipinski definition) is 1. The Hall–Kier alpha value is -1.54. The van der Waals surface area contributed by atoms with Crippen LogP contribution in [0, 0.1) is 0 Å². The monoisotopic (exact) mass is 606 g/mol. The molecule has 0 N–H and O–H groups in total. The predicted molar refractivity (Wildman–Crippen MR) is 135 cm³/mol. The Morgan fingerprint density at radius 2 is 1.34 bits per heavy atom. The molecule has 2 aliphatic carbocycles. The van der Waals surface area contributed by atoms with Gasteiger partial charge in [0.1, 0.15) is 0 Å². The quantitative estimate of drug-likeness (QED) is 0.345. The summed E-state index contributed by atoms with van der Waals surface area (Å²) >= 11 is 7.59. The van der Waals surface area contributed by atoms with Crippen LogP contribution in [0.3, 0.4) is 0 Å². The van der Waals surface area contributed by atoms with E-state index in [1.807, 2.05) is 17.8 Å². The number of rotatable bonds is 3. The second kappa shape index (κ2) is 10.1. The molecule has 35 heavy (non-hydrogen) atoms. The maximum atomic E-state index is 6.79. The van der Waals surface area contributed by atoms with E-state index in [4.69, 9.17) is 11.6 Å². The first-order valence-electron chi connectivity index (χ1n) is 11.2. The van der Waals surface area contributed by atoms with Crippen molar-refractivity contribution in [1.29, 1.82) is 0 Å². The standard InChI is InChI=1S/C15H10Cl.C15H9S.2ClH.Zr/c16-14-8-4-7-12-9-10-13(15(12)14)11-5-2-1-3-6-11;1-2-10-8-12(3-1)16-13-5-7-15-11(9-13)4-6-14(10)15;;;/h1-9,13H;1-5,7-9,14H;2*1H;/q;;;;+2/p-2. The summed E-state index contributed by atoms with van der Waals surface area (Å²) in [6.45, 7) is 0. The zero-order valence-electron chi connectivity index (χ0n) is 18.5. The van der Waals surface area contributed by atoms with E-state index < -0.39 is 23.2 Å². The summed E-state index contributed by atoms with van der Waals surface area (Å²) in [6, 6.07) is 33.5. The summed E-state index contributed by atoms with van der Waals surface area (Å²) in [5.41, 5.74) is 8.25. The van der Waals surface area contributed by atoms with Crippen molar-refractivity contribution in [3.63, 3.8) is 0 Å². The van der Waals surface area contributed by atoms with Gasteiger partial charge in [0.25, 0.3) is 0 Å². The molecule has 2 heterocycles. The first kappa shape index (κ1) is 25.1. The maximum absolute atomic E-state index is 6.79. The largest absolute Gasteiger partial charge is 1.00 e. The van der Waals surface area contributed by atoms with Crippen molar-refractivity contribution in [3.05, 3.63) is 136 Å². The molecule has 0 aromatic heterocycles. The number of benzene rings is 4.